The Kier molecular flexibility index (Phi) is 8.26. The van der Waals surface area contributed by atoms with Gasteiger partial charge in [-0.15, -0.1) is 0 Å². The molecule has 134 valence electrons. The maximum absolute atomic E-state index is 11.6. The first-order valence-corrected chi connectivity index (χ1v) is 8.12. The highest BCUT2D eigenvalue weighted by Crippen LogP contribution is 2.09. The van der Waals surface area contributed by atoms with E-state index in [4.69, 9.17) is 9.47 Å². The smallest absolute Gasteiger partial charge is 0.408 e. The number of rotatable bonds is 9. The topological polar surface area (TPSA) is 84.9 Å². The lowest BCUT2D eigenvalue weighted by atomic mass is 10.1. The molecular formula is C18H27NO5. The monoisotopic (exact) mass is 337 g/mol. The van der Waals surface area contributed by atoms with Gasteiger partial charge in [-0.1, -0.05) is 30.3 Å². The number of alkyl carbamates (subject to hydrolysis) is 1. The van der Waals surface area contributed by atoms with Crippen molar-refractivity contribution in [2.24, 2.45) is 0 Å². The molecule has 1 aromatic rings. The predicted molar refractivity (Wildman–Crippen MR) is 90.7 cm³/mol. The van der Waals surface area contributed by atoms with Gasteiger partial charge >= 0.3 is 12.1 Å². The molecule has 0 unspecified atom stereocenters. The van der Waals surface area contributed by atoms with E-state index in [-0.39, 0.29) is 0 Å². The first kappa shape index (κ1) is 20.0. The van der Waals surface area contributed by atoms with E-state index in [1.54, 1.807) is 20.8 Å². The van der Waals surface area contributed by atoms with E-state index in [1.165, 1.54) is 0 Å². The lowest BCUT2D eigenvalue weighted by molar-refractivity contribution is -0.139. The van der Waals surface area contributed by atoms with E-state index in [9.17, 15) is 14.7 Å². The highest BCUT2D eigenvalue weighted by molar-refractivity contribution is 5.79. The Morgan fingerprint density at radius 3 is 2.42 bits per heavy atom. The van der Waals surface area contributed by atoms with Crippen LogP contribution in [0.25, 0.3) is 0 Å². The largest absolute Gasteiger partial charge is 0.480 e. The number of carboxylic acids is 1. The number of amides is 1. The minimum absolute atomic E-state index is 0.337. The van der Waals surface area contributed by atoms with Gasteiger partial charge in [0.2, 0.25) is 0 Å². The summed E-state index contributed by atoms with van der Waals surface area (Å²) in [6.45, 7) is 6.28. The summed E-state index contributed by atoms with van der Waals surface area (Å²) < 4.78 is 10.6. The van der Waals surface area contributed by atoms with E-state index >= 15 is 0 Å². The molecular weight excluding hydrogens is 310 g/mol. The van der Waals surface area contributed by atoms with Crippen LogP contribution in [0.4, 0.5) is 4.79 Å². The molecule has 0 aliphatic carbocycles. The summed E-state index contributed by atoms with van der Waals surface area (Å²) >= 11 is 0. The molecule has 0 aliphatic rings. The molecule has 1 atom stereocenters. The maximum Gasteiger partial charge on any atom is 0.408 e. The first-order chi connectivity index (χ1) is 11.3. The van der Waals surface area contributed by atoms with Crippen LogP contribution in [0, 0.1) is 0 Å². The van der Waals surface area contributed by atoms with Crippen molar-refractivity contribution < 1.29 is 24.2 Å². The minimum atomic E-state index is -1.06. The molecule has 0 saturated heterocycles. The lowest BCUT2D eigenvalue weighted by Gasteiger charge is -2.22. The number of nitrogens with one attached hydrogen (secondary N) is 1. The van der Waals surface area contributed by atoms with E-state index in [1.807, 2.05) is 30.3 Å². The molecule has 6 nitrogen and oxygen atoms in total. The fourth-order valence-electron chi connectivity index (χ4n) is 2.02. The quantitative estimate of drug-likeness (QED) is 0.675. The average Bonchev–Trinajstić information content (AvgIpc) is 2.48. The van der Waals surface area contributed by atoms with Crippen LogP contribution in [0.1, 0.15) is 45.6 Å². The van der Waals surface area contributed by atoms with Gasteiger partial charge in [0.1, 0.15) is 11.6 Å². The molecule has 0 radical (unpaired) electrons. The van der Waals surface area contributed by atoms with Gasteiger partial charge in [0.05, 0.1) is 6.61 Å². The second-order valence-corrected chi connectivity index (χ2v) is 6.57. The molecule has 1 aromatic carbocycles. The van der Waals surface area contributed by atoms with E-state index < -0.39 is 23.7 Å². The highest BCUT2D eigenvalue weighted by Gasteiger charge is 2.23. The molecule has 6 heteroatoms. The molecule has 0 aromatic heterocycles. The summed E-state index contributed by atoms with van der Waals surface area (Å²) in [5, 5.41) is 11.6. The van der Waals surface area contributed by atoms with Gasteiger partial charge in [0.25, 0.3) is 0 Å². The number of carbonyl (C=O) groups is 2. The summed E-state index contributed by atoms with van der Waals surface area (Å²) in [4.78, 5) is 22.8. The van der Waals surface area contributed by atoms with E-state index in [2.05, 4.69) is 5.32 Å². The minimum Gasteiger partial charge on any atom is -0.480 e. The molecule has 24 heavy (non-hydrogen) atoms. The number of carboxylic acid groups (broad SMARTS) is 1. The molecule has 0 heterocycles. The molecule has 0 bridgehead atoms. The molecule has 0 fully saturated rings. The SMILES string of the molecule is CC(C)(C)OC(=O)N[C@H](CCCCOCc1ccccc1)C(=O)O. The standard InChI is InChI=1S/C18H27NO5/c1-18(2,3)24-17(22)19-15(16(20)21)11-7-8-12-23-13-14-9-5-4-6-10-14/h4-6,9-10,15H,7-8,11-13H2,1-3H3,(H,19,22)(H,20,21)/t15-/m1/s1. The van der Waals surface area contributed by atoms with Crippen molar-refractivity contribution in [2.45, 2.75) is 58.3 Å². The highest BCUT2D eigenvalue weighted by atomic mass is 16.6. The van der Waals surface area contributed by atoms with Crippen LogP contribution >= 0.6 is 0 Å². The third-order valence-electron chi connectivity index (χ3n) is 3.13. The van der Waals surface area contributed by atoms with E-state index in [0.717, 1.165) is 12.0 Å². The Morgan fingerprint density at radius 2 is 1.83 bits per heavy atom. The Morgan fingerprint density at radius 1 is 1.17 bits per heavy atom. The second kappa shape index (κ2) is 9.93. The number of ether oxygens (including phenoxy) is 2. The zero-order valence-corrected chi connectivity index (χ0v) is 14.6. The third kappa shape index (κ3) is 9.15. The number of benzene rings is 1. The summed E-state index contributed by atoms with van der Waals surface area (Å²) in [6, 6.07) is 8.90. The third-order valence-corrected chi connectivity index (χ3v) is 3.13. The van der Waals surface area contributed by atoms with Crippen LogP contribution < -0.4 is 5.32 Å². The summed E-state index contributed by atoms with van der Waals surface area (Å²) in [5.74, 6) is -1.06. The zero-order valence-electron chi connectivity index (χ0n) is 14.6. The number of unbranched alkanes of at least 4 members (excludes halogenated alkanes) is 1. The zero-order chi connectivity index (χ0) is 18.0. The molecule has 0 saturated carbocycles. The van der Waals surface area contributed by atoms with Crippen molar-refractivity contribution in [2.75, 3.05) is 6.61 Å². The van der Waals surface area contributed by atoms with Gasteiger partial charge in [0.15, 0.2) is 0 Å². The van der Waals surface area contributed by atoms with Gasteiger partial charge in [-0.3, -0.25) is 0 Å². The predicted octanol–water partition coefficient (Wildman–Crippen LogP) is 3.35. The number of aliphatic carboxylic acids is 1. The van der Waals surface area contributed by atoms with Gasteiger partial charge in [-0.05, 0) is 45.6 Å². The van der Waals surface area contributed by atoms with Crippen molar-refractivity contribution in [1.82, 2.24) is 5.32 Å². The Labute approximate surface area is 143 Å². The summed E-state index contributed by atoms with van der Waals surface area (Å²) in [6.07, 6.45) is 0.993. The Hall–Kier alpha value is -2.08. The van der Waals surface area contributed by atoms with Crippen molar-refractivity contribution in [3.05, 3.63) is 35.9 Å². The van der Waals surface area contributed by atoms with Crippen molar-refractivity contribution in [1.29, 1.82) is 0 Å². The average molecular weight is 337 g/mol. The van der Waals surface area contributed by atoms with Crippen LogP contribution in [-0.2, 0) is 20.9 Å². The fourth-order valence-corrected chi connectivity index (χ4v) is 2.02. The molecule has 1 amide bonds. The van der Waals surface area contributed by atoms with Gasteiger partial charge < -0.3 is 19.9 Å². The number of hydrogen-bond acceptors (Lipinski definition) is 4. The fraction of sp³-hybridized carbons (Fsp3) is 0.556. The lowest BCUT2D eigenvalue weighted by Crippen LogP contribution is -2.43. The normalized spacial score (nSPS) is 12.5. The number of hydrogen-bond donors (Lipinski definition) is 2. The molecule has 1 rings (SSSR count). The van der Waals surface area contributed by atoms with Gasteiger partial charge in [-0.2, -0.15) is 0 Å². The maximum atomic E-state index is 11.6. The van der Waals surface area contributed by atoms with Gasteiger partial charge in [0, 0.05) is 6.61 Å². The summed E-state index contributed by atoms with van der Waals surface area (Å²) in [7, 11) is 0. The van der Waals surface area contributed by atoms with Gasteiger partial charge in [-0.25, -0.2) is 9.59 Å². The Bertz CT molecular complexity index is 510. The van der Waals surface area contributed by atoms with Crippen LogP contribution in [0.15, 0.2) is 30.3 Å². The first-order valence-electron chi connectivity index (χ1n) is 8.12. The second-order valence-electron chi connectivity index (χ2n) is 6.57. The van der Waals surface area contributed by atoms with Crippen molar-refractivity contribution in [3.8, 4) is 0 Å². The molecule has 2 N–H and O–H groups in total. The van der Waals surface area contributed by atoms with Crippen LogP contribution in [0.5, 0.6) is 0 Å². The van der Waals surface area contributed by atoms with Crippen LogP contribution in [0.3, 0.4) is 0 Å². The van der Waals surface area contributed by atoms with E-state index in [0.29, 0.717) is 26.1 Å². The number of carbonyl (C=O) groups excluding carboxylic acids is 1. The Balaban J connectivity index is 2.22. The van der Waals surface area contributed by atoms with Crippen molar-refractivity contribution in [3.63, 3.8) is 0 Å². The van der Waals surface area contributed by atoms with Crippen LogP contribution in [0.2, 0.25) is 0 Å². The van der Waals surface area contributed by atoms with Crippen molar-refractivity contribution >= 4 is 12.1 Å². The van der Waals surface area contributed by atoms with Crippen LogP contribution in [-0.4, -0.2) is 35.4 Å². The summed E-state index contributed by atoms with van der Waals surface area (Å²) in [5.41, 5.74) is 0.450. The molecule has 0 aliphatic heterocycles. The molecule has 0 spiro atoms.